The fourth-order valence-corrected chi connectivity index (χ4v) is 4.40. The number of aromatic nitrogens is 3. The minimum Gasteiger partial charge on any atom is -0.381 e. The van der Waals surface area contributed by atoms with E-state index in [1.807, 2.05) is 48.1 Å². The summed E-state index contributed by atoms with van der Waals surface area (Å²) in [6.45, 7) is 4.22. The zero-order valence-corrected chi connectivity index (χ0v) is 20.4. The first-order chi connectivity index (χ1) is 16.5. The van der Waals surface area contributed by atoms with Crippen LogP contribution in [-0.4, -0.2) is 46.2 Å². The summed E-state index contributed by atoms with van der Waals surface area (Å²) in [5.74, 6) is 1.75. The Morgan fingerprint density at radius 1 is 1.18 bits per heavy atom. The van der Waals surface area contributed by atoms with Crippen molar-refractivity contribution in [3.05, 3.63) is 64.4 Å². The first-order valence-electron chi connectivity index (χ1n) is 11.4. The Hall–Kier alpha value is -2.81. The van der Waals surface area contributed by atoms with Gasteiger partial charge in [0.15, 0.2) is 0 Å². The van der Waals surface area contributed by atoms with Crippen molar-refractivity contribution in [2.45, 2.75) is 32.4 Å². The molecule has 10 heteroatoms. The van der Waals surface area contributed by atoms with E-state index >= 15 is 0 Å². The summed E-state index contributed by atoms with van der Waals surface area (Å²) in [6, 6.07) is 10.5. The third kappa shape index (κ3) is 6.20. The molecule has 1 fully saturated rings. The molecule has 0 bridgehead atoms. The molecule has 1 saturated heterocycles. The van der Waals surface area contributed by atoms with Crippen LogP contribution in [-0.2, 0) is 16.1 Å². The average Bonchev–Trinajstić information content (AvgIpc) is 3.38. The summed E-state index contributed by atoms with van der Waals surface area (Å²) in [4.78, 5) is 22.6. The van der Waals surface area contributed by atoms with Crippen molar-refractivity contribution < 1.29 is 9.53 Å². The van der Waals surface area contributed by atoms with Crippen LogP contribution in [0.5, 0.6) is 0 Å². The second-order valence-electron chi connectivity index (χ2n) is 8.08. The lowest BCUT2D eigenvalue weighted by Crippen LogP contribution is -2.46. The van der Waals surface area contributed by atoms with Gasteiger partial charge in [-0.1, -0.05) is 29.3 Å². The Morgan fingerprint density at radius 2 is 1.94 bits per heavy atom. The van der Waals surface area contributed by atoms with Crippen molar-refractivity contribution in [2.75, 3.05) is 30.4 Å². The van der Waals surface area contributed by atoms with Crippen LogP contribution in [0, 0.1) is 5.92 Å². The van der Waals surface area contributed by atoms with Crippen LogP contribution in [0.25, 0.3) is 5.82 Å². The number of hydrogen-bond acceptors (Lipinski definition) is 6. The van der Waals surface area contributed by atoms with Crippen molar-refractivity contribution in [3.63, 3.8) is 0 Å². The van der Waals surface area contributed by atoms with Crippen molar-refractivity contribution >= 4 is 40.9 Å². The molecule has 0 radical (unpaired) electrons. The maximum atomic E-state index is 13.4. The summed E-state index contributed by atoms with van der Waals surface area (Å²) in [7, 11) is 0. The molecule has 0 unspecified atom stereocenters. The zero-order chi connectivity index (χ0) is 23.9. The van der Waals surface area contributed by atoms with Crippen LogP contribution >= 0.6 is 23.2 Å². The standard InChI is InChI=1S/C24H28Cl2N6O2/c1-2-27-24-30-20(14-21(31-24)32-9-3-4-10-32)29-22(16-7-11-34-12-8-16)23(33)28-15-17-5-6-18(25)13-19(17)26/h3-6,9-10,13-14,16,22H,2,7-8,11-12,15H2,1H3,(H,28,33)(H2,27,29,30,31)/t22-/m1/s1. The molecule has 3 aromatic rings. The van der Waals surface area contributed by atoms with Crippen molar-refractivity contribution in [1.82, 2.24) is 19.9 Å². The molecule has 1 aliphatic rings. The second-order valence-corrected chi connectivity index (χ2v) is 8.92. The molecule has 2 aromatic heterocycles. The molecule has 1 amide bonds. The SMILES string of the molecule is CCNc1nc(N[C@@H](C(=O)NCc2ccc(Cl)cc2Cl)C2CCOCC2)cc(-n2cccc2)n1. The molecule has 3 heterocycles. The first-order valence-corrected chi connectivity index (χ1v) is 12.1. The number of rotatable bonds is 9. The van der Waals surface area contributed by atoms with E-state index in [0.717, 1.165) is 18.4 Å². The third-order valence-electron chi connectivity index (χ3n) is 5.71. The molecule has 1 aromatic carbocycles. The van der Waals surface area contributed by atoms with Gasteiger partial charge in [0.1, 0.15) is 17.7 Å². The second kappa shape index (κ2) is 11.6. The van der Waals surface area contributed by atoms with Gasteiger partial charge >= 0.3 is 0 Å². The van der Waals surface area contributed by atoms with Gasteiger partial charge in [0.25, 0.3) is 0 Å². The lowest BCUT2D eigenvalue weighted by molar-refractivity contribution is -0.123. The van der Waals surface area contributed by atoms with Gasteiger partial charge in [0, 0.05) is 54.8 Å². The Bertz CT molecular complexity index is 1100. The van der Waals surface area contributed by atoms with Crippen LogP contribution in [0.2, 0.25) is 10.0 Å². The Morgan fingerprint density at radius 3 is 2.65 bits per heavy atom. The zero-order valence-electron chi connectivity index (χ0n) is 18.9. The number of halogens is 2. The van der Waals surface area contributed by atoms with Gasteiger partial charge in [-0.25, -0.2) is 0 Å². The van der Waals surface area contributed by atoms with Crippen LogP contribution in [0.3, 0.4) is 0 Å². The maximum Gasteiger partial charge on any atom is 0.243 e. The van der Waals surface area contributed by atoms with Gasteiger partial charge in [-0.2, -0.15) is 9.97 Å². The van der Waals surface area contributed by atoms with E-state index in [9.17, 15) is 4.79 Å². The molecule has 180 valence electrons. The van der Waals surface area contributed by atoms with Crippen LogP contribution < -0.4 is 16.0 Å². The quantitative estimate of drug-likeness (QED) is 0.398. The summed E-state index contributed by atoms with van der Waals surface area (Å²) in [6.07, 6.45) is 5.39. The van der Waals surface area contributed by atoms with Crippen molar-refractivity contribution in [3.8, 4) is 5.82 Å². The minimum absolute atomic E-state index is 0.0991. The number of amides is 1. The Labute approximate surface area is 209 Å². The van der Waals surface area contributed by atoms with Crippen molar-refractivity contribution in [1.29, 1.82) is 0 Å². The molecular formula is C24H28Cl2N6O2. The normalized spacial score (nSPS) is 15.0. The van der Waals surface area contributed by atoms with Crippen LogP contribution in [0.1, 0.15) is 25.3 Å². The van der Waals surface area contributed by atoms with E-state index in [-0.39, 0.29) is 11.8 Å². The number of hydrogen-bond donors (Lipinski definition) is 3. The number of anilines is 2. The predicted molar refractivity (Wildman–Crippen MR) is 135 cm³/mol. The predicted octanol–water partition coefficient (Wildman–Crippen LogP) is 4.53. The highest BCUT2D eigenvalue weighted by Gasteiger charge is 2.30. The lowest BCUT2D eigenvalue weighted by atomic mass is 9.91. The van der Waals surface area contributed by atoms with E-state index in [2.05, 4.69) is 25.9 Å². The fourth-order valence-electron chi connectivity index (χ4n) is 3.93. The van der Waals surface area contributed by atoms with Crippen LogP contribution in [0.4, 0.5) is 11.8 Å². The lowest BCUT2D eigenvalue weighted by Gasteiger charge is -2.30. The number of carbonyl (C=O) groups excluding carboxylic acids is 1. The molecule has 1 aliphatic heterocycles. The van der Waals surface area contributed by atoms with Gasteiger partial charge < -0.3 is 25.3 Å². The number of nitrogens with zero attached hydrogens (tertiary/aromatic N) is 3. The first kappa shape index (κ1) is 24.3. The summed E-state index contributed by atoms with van der Waals surface area (Å²) in [5.41, 5.74) is 0.802. The van der Waals surface area contributed by atoms with E-state index in [0.29, 0.717) is 53.9 Å². The Kier molecular flexibility index (Phi) is 8.26. The van der Waals surface area contributed by atoms with E-state index in [1.165, 1.54) is 0 Å². The van der Waals surface area contributed by atoms with Gasteiger partial charge in [-0.15, -0.1) is 0 Å². The minimum atomic E-state index is -0.489. The molecule has 4 rings (SSSR count). The van der Waals surface area contributed by atoms with Gasteiger partial charge in [0.2, 0.25) is 11.9 Å². The fraction of sp³-hybridized carbons (Fsp3) is 0.375. The highest BCUT2D eigenvalue weighted by molar-refractivity contribution is 6.35. The number of carbonyl (C=O) groups is 1. The highest BCUT2D eigenvalue weighted by atomic mass is 35.5. The smallest absolute Gasteiger partial charge is 0.243 e. The van der Waals surface area contributed by atoms with Gasteiger partial charge in [0.05, 0.1) is 0 Å². The molecule has 1 atom stereocenters. The molecule has 3 N–H and O–H groups in total. The average molecular weight is 503 g/mol. The number of ether oxygens (including phenoxy) is 1. The van der Waals surface area contributed by atoms with Crippen molar-refractivity contribution in [2.24, 2.45) is 5.92 Å². The van der Waals surface area contributed by atoms with Gasteiger partial charge in [-0.05, 0) is 55.5 Å². The maximum absolute atomic E-state index is 13.4. The third-order valence-corrected chi connectivity index (χ3v) is 6.29. The van der Waals surface area contributed by atoms with Crippen LogP contribution in [0.15, 0.2) is 48.8 Å². The number of nitrogens with one attached hydrogen (secondary N) is 3. The molecule has 34 heavy (non-hydrogen) atoms. The topological polar surface area (TPSA) is 93.1 Å². The highest BCUT2D eigenvalue weighted by Crippen LogP contribution is 2.25. The Balaban J connectivity index is 1.56. The number of benzene rings is 1. The molecule has 0 aliphatic carbocycles. The van der Waals surface area contributed by atoms with E-state index in [4.69, 9.17) is 27.9 Å². The van der Waals surface area contributed by atoms with E-state index < -0.39 is 6.04 Å². The van der Waals surface area contributed by atoms with Gasteiger partial charge in [-0.3, -0.25) is 4.79 Å². The summed E-state index contributed by atoms with van der Waals surface area (Å²) in [5, 5.41) is 10.7. The molecule has 0 saturated carbocycles. The monoisotopic (exact) mass is 502 g/mol. The summed E-state index contributed by atoms with van der Waals surface area (Å²) < 4.78 is 7.43. The molecule has 0 spiro atoms. The van der Waals surface area contributed by atoms with E-state index in [1.54, 1.807) is 12.1 Å². The molecular weight excluding hydrogens is 475 g/mol. The summed E-state index contributed by atoms with van der Waals surface area (Å²) >= 11 is 12.3. The molecule has 8 nitrogen and oxygen atoms in total. The largest absolute Gasteiger partial charge is 0.381 e.